The summed E-state index contributed by atoms with van der Waals surface area (Å²) in [4.78, 5) is 0. The van der Waals surface area contributed by atoms with Crippen molar-refractivity contribution in [3.05, 3.63) is 35.9 Å². The Labute approximate surface area is 117 Å². The largest absolute Gasteiger partial charge is 0.376 e. The molecule has 1 fully saturated rings. The van der Waals surface area contributed by atoms with Gasteiger partial charge in [-0.15, -0.1) is 0 Å². The molecule has 0 aromatic heterocycles. The van der Waals surface area contributed by atoms with Crippen molar-refractivity contribution in [1.29, 1.82) is 0 Å². The van der Waals surface area contributed by atoms with E-state index in [1.165, 1.54) is 31.2 Å². The molecule has 2 unspecified atom stereocenters. The zero-order valence-electron chi connectivity index (χ0n) is 12.2. The van der Waals surface area contributed by atoms with Crippen LogP contribution in [0.5, 0.6) is 0 Å². The summed E-state index contributed by atoms with van der Waals surface area (Å²) in [6.07, 6.45) is 5.74. The van der Waals surface area contributed by atoms with Gasteiger partial charge < -0.3 is 9.47 Å². The lowest BCUT2D eigenvalue weighted by Gasteiger charge is -2.22. The van der Waals surface area contributed by atoms with Crippen molar-refractivity contribution in [3.63, 3.8) is 0 Å². The maximum Gasteiger partial charge on any atom is 0.0810 e. The van der Waals surface area contributed by atoms with E-state index in [4.69, 9.17) is 9.47 Å². The summed E-state index contributed by atoms with van der Waals surface area (Å²) in [6, 6.07) is 10.3. The van der Waals surface area contributed by atoms with Gasteiger partial charge in [0.05, 0.1) is 18.8 Å². The van der Waals surface area contributed by atoms with Gasteiger partial charge in [-0.05, 0) is 38.2 Å². The molecule has 0 saturated heterocycles. The van der Waals surface area contributed by atoms with Gasteiger partial charge in [-0.2, -0.15) is 0 Å². The summed E-state index contributed by atoms with van der Waals surface area (Å²) in [5, 5.41) is 0. The summed E-state index contributed by atoms with van der Waals surface area (Å²) in [5.74, 6) is 0.781. The van der Waals surface area contributed by atoms with E-state index in [1.54, 1.807) is 0 Å². The van der Waals surface area contributed by atoms with Crippen molar-refractivity contribution in [1.82, 2.24) is 0 Å². The van der Waals surface area contributed by atoms with Gasteiger partial charge in [-0.3, -0.25) is 0 Å². The highest BCUT2D eigenvalue weighted by Crippen LogP contribution is 2.25. The molecule has 2 rings (SSSR count). The fourth-order valence-corrected chi connectivity index (χ4v) is 2.54. The highest BCUT2D eigenvalue weighted by Gasteiger charge is 2.19. The lowest BCUT2D eigenvalue weighted by molar-refractivity contribution is -0.0704. The van der Waals surface area contributed by atoms with Crippen LogP contribution in [0.25, 0.3) is 0 Å². The second-order valence-corrected chi connectivity index (χ2v) is 5.69. The van der Waals surface area contributed by atoms with Crippen LogP contribution in [0.1, 0.15) is 45.1 Å². The summed E-state index contributed by atoms with van der Waals surface area (Å²) in [5.41, 5.74) is 1.22. The molecular weight excluding hydrogens is 236 g/mol. The predicted octanol–water partition coefficient (Wildman–Crippen LogP) is 4.19. The second kappa shape index (κ2) is 7.66. The minimum absolute atomic E-state index is 0.140. The Bertz CT molecular complexity index is 344. The molecule has 1 aliphatic carbocycles. The van der Waals surface area contributed by atoms with E-state index in [1.807, 2.05) is 18.2 Å². The Balaban J connectivity index is 1.65. The van der Waals surface area contributed by atoms with Crippen molar-refractivity contribution in [2.24, 2.45) is 5.92 Å². The first kappa shape index (κ1) is 14.5. The Hall–Kier alpha value is -0.860. The molecule has 1 aliphatic rings. The Morgan fingerprint density at radius 3 is 2.32 bits per heavy atom. The number of rotatable bonds is 7. The average molecular weight is 262 g/mol. The normalized spacial score (nSPS) is 19.5. The molecule has 2 heteroatoms. The van der Waals surface area contributed by atoms with Gasteiger partial charge in [-0.1, -0.05) is 43.2 Å². The van der Waals surface area contributed by atoms with Crippen LogP contribution in [0.3, 0.4) is 0 Å². The van der Waals surface area contributed by atoms with Gasteiger partial charge in [0.1, 0.15) is 0 Å². The molecule has 0 radical (unpaired) electrons. The Kier molecular flexibility index (Phi) is 5.87. The minimum atomic E-state index is 0.140. The Morgan fingerprint density at radius 2 is 1.63 bits per heavy atom. The fraction of sp³-hybridized carbons (Fsp3) is 0.647. The van der Waals surface area contributed by atoms with Gasteiger partial charge in [0, 0.05) is 6.61 Å². The molecule has 0 heterocycles. The number of hydrogen-bond donors (Lipinski definition) is 0. The summed E-state index contributed by atoms with van der Waals surface area (Å²) >= 11 is 0. The van der Waals surface area contributed by atoms with Gasteiger partial charge in [-0.25, -0.2) is 0 Å². The van der Waals surface area contributed by atoms with Gasteiger partial charge in [0.25, 0.3) is 0 Å². The fourth-order valence-electron chi connectivity index (χ4n) is 2.54. The quantitative estimate of drug-likeness (QED) is 0.733. The maximum atomic E-state index is 5.95. The highest BCUT2D eigenvalue weighted by atomic mass is 16.5. The Morgan fingerprint density at radius 1 is 1.00 bits per heavy atom. The van der Waals surface area contributed by atoms with E-state index in [2.05, 4.69) is 26.0 Å². The van der Waals surface area contributed by atoms with E-state index < -0.39 is 0 Å². The van der Waals surface area contributed by atoms with Crippen molar-refractivity contribution >= 4 is 0 Å². The number of hydrogen-bond acceptors (Lipinski definition) is 2. The molecule has 0 spiro atoms. The van der Waals surface area contributed by atoms with Crippen molar-refractivity contribution in [2.75, 3.05) is 6.61 Å². The van der Waals surface area contributed by atoms with Crippen LogP contribution in [-0.4, -0.2) is 18.8 Å². The highest BCUT2D eigenvalue weighted by molar-refractivity contribution is 5.13. The van der Waals surface area contributed by atoms with Crippen molar-refractivity contribution in [2.45, 2.75) is 58.3 Å². The van der Waals surface area contributed by atoms with Gasteiger partial charge >= 0.3 is 0 Å². The molecule has 0 amide bonds. The van der Waals surface area contributed by atoms with E-state index in [9.17, 15) is 0 Å². The second-order valence-electron chi connectivity index (χ2n) is 5.69. The lowest BCUT2D eigenvalue weighted by Crippen LogP contribution is -2.27. The minimum Gasteiger partial charge on any atom is -0.376 e. The van der Waals surface area contributed by atoms with E-state index >= 15 is 0 Å². The zero-order chi connectivity index (χ0) is 13.5. The first-order chi connectivity index (χ1) is 9.25. The van der Waals surface area contributed by atoms with Crippen LogP contribution in [0.2, 0.25) is 0 Å². The van der Waals surface area contributed by atoms with Crippen LogP contribution >= 0.6 is 0 Å². The topological polar surface area (TPSA) is 18.5 Å². The molecule has 2 nitrogen and oxygen atoms in total. The summed E-state index contributed by atoms with van der Waals surface area (Å²) in [6.45, 7) is 5.78. The maximum absolute atomic E-state index is 5.95. The first-order valence-corrected chi connectivity index (χ1v) is 7.53. The monoisotopic (exact) mass is 262 g/mol. The van der Waals surface area contributed by atoms with Crippen molar-refractivity contribution in [3.8, 4) is 0 Å². The molecule has 1 aromatic carbocycles. The molecule has 2 atom stereocenters. The summed E-state index contributed by atoms with van der Waals surface area (Å²) < 4.78 is 11.8. The third kappa shape index (κ3) is 4.96. The molecule has 0 N–H and O–H groups in total. The molecule has 0 bridgehead atoms. The SMILES string of the molecule is CC(OCc1ccccc1)C(C)OCC1CCCC1. The van der Waals surface area contributed by atoms with Crippen molar-refractivity contribution < 1.29 is 9.47 Å². The zero-order valence-corrected chi connectivity index (χ0v) is 12.2. The molecule has 106 valence electrons. The van der Waals surface area contributed by atoms with E-state index in [-0.39, 0.29) is 12.2 Å². The van der Waals surface area contributed by atoms with Crippen LogP contribution in [0.15, 0.2) is 30.3 Å². The van der Waals surface area contributed by atoms with Gasteiger partial charge in [0.2, 0.25) is 0 Å². The smallest absolute Gasteiger partial charge is 0.0810 e. The van der Waals surface area contributed by atoms with Gasteiger partial charge in [0.15, 0.2) is 0 Å². The molecular formula is C17H26O2. The first-order valence-electron chi connectivity index (χ1n) is 7.53. The van der Waals surface area contributed by atoms with E-state index in [0.717, 1.165) is 12.5 Å². The third-order valence-electron chi connectivity index (χ3n) is 4.09. The molecule has 0 aliphatic heterocycles. The third-order valence-corrected chi connectivity index (χ3v) is 4.09. The van der Waals surface area contributed by atoms with Crippen LogP contribution in [0, 0.1) is 5.92 Å². The van der Waals surface area contributed by atoms with Crippen LogP contribution in [0.4, 0.5) is 0 Å². The van der Waals surface area contributed by atoms with E-state index in [0.29, 0.717) is 6.61 Å². The number of ether oxygens (including phenoxy) is 2. The van der Waals surface area contributed by atoms with Crippen LogP contribution < -0.4 is 0 Å². The predicted molar refractivity (Wildman–Crippen MR) is 78.1 cm³/mol. The molecule has 1 aromatic rings. The lowest BCUT2D eigenvalue weighted by atomic mass is 10.1. The average Bonchev–Trinajstić information content (AvgIpc) is 2.96. The number of benzene rings is 1. The summed E-state index contributed by atoms with van der Waals surface area (Å²) in [7, 11) is 0. The standard InChI is InChI=1S/C17H26O2/c1-14(18-12-16-8-4-3-5-9-16)15(2)19-13-17-10-6-7-11-17/h3-5,8-9,14-15,17H,6-7,10-13H2,1-2H3. The molecule has 1 saturated carbocycles. The molecule has 19 heavy (non-hydrogen) atoms. The van der Waals surface area contributed by atoms with Crippen LogP contribution in [-0.2, 0) is 16.1 Å².